The number of thiazole rings is 1. The van der Waals surface area contributed by atoms with Crippen LogP contribution < -0.4 is 10.3 Å². The lowest BCUT2D eigenvalue weighted by atomic mass is 10.0. The molecule has 0 amide bonds. The van der Waals surface area contributed by atoms with Gasteiger partial charge in [-0.05, 0) is 61.0 Å². The Bertz CT molecular complexity index is 1760. The number of methoxy groups -OCH3 is 1. The Balaban J connectivity index is 1.42. The van der Waals surface area contributed by atoms with Gasteiger partial charge in [0.2, 0.25) is 5.13 Å². The maximum absolute atomic E-state index is 13.8. The Labute approximate surface area is 221 Å². The van der Waals surface area contributed by atoms with Gasteiger partial charge in [0.25, 0.3) is 5.56 Å². The molecule has 0 saturated carbocycles. The molecule has 3 aromatic carbocycles. The second kappa shape index (κ2) is 9.91. The van der Waals surface area contributed by atoms with E-state index in [1.165, 1.54) is 16.0 Å². The lowest BCUT2D eigenvalue weighted by molar-refractivity contribution is 0.415. The standard InChI is InChI=1S/C28H23N7O2S/c1-18(31-21-11-7-19(8-12-21)15-34-16-29-30-17-34)25-26(20-9-13-22(37-2)14-10-20)33-35(27(25)36)28-32-23-5-3-4-6-24(23)38-28/h3-14,16-17,33H,15H2,1-2H3. The van der Waals surface area contributed by atoms with Crippen molar-refractivity contribution in [1.82, 2.24) is 29.5 Å². The van der Waals surface area contributed by atoms with E-state index in [0.29, 0.717) is 28.6 Å². The number of nitrogens with one attached hydrogen (secondary N) is 1. The molecule has 6 aromatic rings. The number of hydrogen-bond donors (Lipinski definition) is 1. The first-order chi connectivity index (χ1) is 18.6. The molecule has 6 rings (SSSR count). The van der Waals surface area contributed by atoms with Crippen LogP contribution in [0.15, 0.2) is 95.2 Å². The molecule has 3 heterocycles. The molecule has 0 bridgehead atoms. The van der Waals surface area contributed by atoms with E-state index in [4.69, 9.17) is 9.73 Å². The van der Waals surface area contributed by atoms with E-state index in [1.807, 2.05) is 84.3 Å². The van der Waals surface area contributed by atoms with Crippen molar-refractivity contribution in [3.8, 4) is 22.1 Å². The van der Waals surface area contributed by atoms with Gasteiger partial charge >= 0.3 is 0 Å². The summed E-state index contributed by atoms with van der Waals surface area (Å²) in [6.07, 6.45) is 3.36. The van der Waals surface area contributed by atoms with Crippen LogP contribution in [0.5, 0.6) is 5.75 Å². The second-order valence-corrected chi connectivity index (χ2v) is 9.70. The van der Waals surface area contributed by atoms with Gasteiger partial charge in [-0.25, -0.2) is 4.98 Å². The summed E-state index contributed by atoms with van der Waals surface area (Å²) < 4.78 is 9.72. The number of benzene rings is 3. The highest BCUT2D eigenvalue weighted by Gasteiger charge is 2.21. The lowest BCUT2D eigenvalue weighted by Crippen LogP contribution is -2.19. The van der Waals surface area contributed by atoms with Gasteiger partial charge in [-0.1, -0.05) is 35.6 Å². The normalized spacial score (nSPS) is 11.8. The fourth-order valence-electron chi connectivity index (χ4n) is 4.27. The predicted octanol–water partition coefficient (Wildman–Crippen LogP) is 5.23. The van der Waals surface area contributed by atoms with Crippen molar-refractivity contribution in [3.63, 3.8) is 0 Å². The number of aromatic amines is 1. The van der Waals surface area contributed by atoms with Crippen LogP contribution in [-0.4, -0.2) is 42.4 Å². The predicted molar refractivity (Wildman–Crippen MR) is 149 cm³/mol. The first-order valence-electron chi connectivity index (χ1n) is 11.9. The molecular formula is C28H23N7O2S. The van der Waals surface area contributed by atoms with Crippen molar-refractivity contribution < 1.29 is 4.74 Å². The zero-order valence-electron chi connectivity index (χ0n) is 20.7. The van der Waals surface area contributed by atoms with Gasteiger partial charge in [0.05, 0.1) is 40.0 Å². The van der Waals surface area contributed by atoms with E-state index >= 15 is 0 Å². The number of para-hydroxylation sites is 1. The first-order valence-corrected chi connectivity index (χ1v) is 12.7. The molecule has 0 aliphatic rings. The highest BCUT2D eigenvalue weighted by atomic mass is 32.1. The topological polar surface area (TPSA) is 103 Å². The van der Waals surface area contributed by atoms with Gasteiger partial charge in [-0.3, -0.25) is 14.9 Å². The zero-order valence-corrected chi connectivity index (χ0v) is 21.5. The van der Waals surface area contributed by atoms with Crippen LogP contribution in [0.2, 0.25) is 0 Å². The molecule has 9 nitrogen and oxygen atoms in total. The summed E-state index contributed by atoms with van der Waals surface area (Å²) in [4.78, 5) is 23.3. The number of hydrogen-bond acceptors (Lipinski definition) is 7. The van der Waals surface area contributed by atoms with Crippen molar-refractivity contribution >= 4 is 33.0 Å². The third-order valence-electron chi connectivity index (χ3n) is 6.17. The van der Waals surface area contributed by atoms with Gasteiger partial charge in [0.15, 0.2) is 0 Å². The van der Waals surface area contributed by atoms with Crippen LogP contribution in [0.1, 0.15) is 18.1 Å². The molecule has 10 heteroatoms. The number of aromatic nitrogens is 6. The van der Waals surface area contributed by atoms with Crippen molar-refractivity contribution in [3.05, 3.63) is 107 Å². The molecule has 0 atom stereocenters. The molecule has 3 aromatic heterocycles. The lowest BCUT2D eigenvalue weighted by Gasteiger charge is -2.05. The molecular weight excluding hydrogens is 498 g/mol. The Hall–Kier alpha value is -4.83. The van der Waals surface area contributed by atoms with Gasteiger partial charge < -0.3 is 9.30 Å². The van der Waals surface area contributed by atoms with E-state index in [1.54, 1.807) is 19.8 Å². The molecule has 0 saturated heterocycles. The summed E-state index contributed by atoms with van der Waals surface area (Å²) in [6.45, 7) is 2.52. The number of rotatable bonds is 7. The summed E-state index contributed by atoms with van der Waals surface area (Å²) >= 11 is 1.46. The monoisotopic (exact) mass is 521 g/mol. The maximum atomic E-state index is 13.8. The Morgan fingerprint density at radius 3 is 2.45 bits per heavy atom. The molecule has 0 aliphatic heterocycles. The Kier molecular flexibility index (Phi) is 6.14. The van der Waals surface area contributed by atoms with Crippen molar-refractivity contribution in [2.75, 3.05) is 7.11 Å². The smallest absolute Gasteiger partial charge is 0.283 e. The van der Waals surface area contributed by atoms with Crippen molar-refractivity contribution in [2.24, 2.45) is 4.99 Å². The van der Waals surface area contributed by atoms with Crippen molar-refractivity contribution in [1.29, 1.82) is 0 Å². The highest BCUT2D eigenvalue weighted by Crippen LogP contribution is 2.28. The molecule has 0 unspecified atom stereocenters. The summed E-state index contributed by atoms with van der Waals surface area (Å²) in [5, 5.41) is 11.6. The number of fused-ring (bicyclic) bond motifs is 1. The van der Waals surface area contributed by atoms with Crippen LogP contribution in [0.25, 0.3) is 26.6 Å². The fraction of sp³-hybridized carbons (Fsp3) is 0.107. The summed E-state index contributed by atoms with van der Waals surface area (Å²) in [7, 11) is 1.63. The SMILES string of the molecule is COc1ccc(-c2[nH]n(-c3nc4ccccc4s3)c(=O)c2C(C)=Nc2ccc(Cn3cnnc3)cc2)cc1. The zero-order chi connectivity index (χ0) is 26.1. The Morgan fingerprint density at radius 2 is 1.74 bits per heavy atom. The molecule has 0 radical (unpaired) electrons. The molecule has 0 fully saturated rings. The maximum Gasteiger partial charge on any atom is 0.283 e. The summed E-state index contributed by atoms with van der Waals surface area (Å²) in [5.41, 5.74) is 5.09. The van der Waals surface area contributed by atoms with Gasteiger partial charge in [0.1, 0.15) is 18.4 Å². The number of H-pyrrole nitrogens is 1. The Morgan fingerprint density at radius 1 is 1.00 bits per heavy atom. The molecule has 38 heavy (non-hydrogen) atoms. The summed E-state index contributed by atoms with van der Waals surface area (Å²) in [6, 6.07) is 23.3. The minimum atomic E-state index is -0.208. The fourth-order valence-corrected chi connectivity index (χ4v) is 5.20. The average molecular weight is 522 g/mol. The average Bonchev–Trinajstić information content (AvgIpc) is 3.68. The summed E-state index contributed by atoms with van der Waals surface area (Å²) in [5.74, 6) is 0.736. The minimum absolute atomic E-state index is 0.208. The number of nitrogens with zero attached hydrogens (tertiary/aromatic N) is 6. The van der Waals surface area contributed by atoms with Gasteiger partial charge in [-0.2, -0.15) is 4.68 Å². The number of aliphatic imine (C=N–C) groups is 1. The molecule has 1 N–H and O–H groups in total. The van der Waals surface area contributed by atoms with E-state index in [2.05, 4.69) is 20.3 Å². The second-order valence-electron chi connectivity index (χ2n) is 8.69. The number of ether oxygens (including phenoxy) is 1. The van der Waals surface area contributed by atoms with Crippen LogP contribution in [0, 0.1) is 0 Å². The third-order valence-corrected chi connectivity index (χ3v) is 7.19. The molecule has 0 aliphatic carbocycles. The van der Waals surface area contributed by atoms with Gasteiger partial charge in [0, 0.05) is 12.1 Å². The van der Waals surface area contributed by atoms with Crippen LogP contribution >= 0.6 is 11.3 Å². The third kappa shape index (κ3) is 4.53. The molecule has 0 spiro atoms. The van der Waals surface area contributed by atoms with E-state index in [9.17, 15) is 4.79 Å². The van der Waals surface area contributed by atoms with E-state index in [0.717, 1.165) is 32.8 Å². The molecule has 188 valence electrons. The van der Waals surface area contributed by atoms with Crippen molar-refractivity contribution in [2.45, 2.75) is 13.5 Å². The van der Waals surface area contributed by atoms with Crippen LogP contribution in [0.4, 0.5) is 5.69 Å². The quantitative estimate of drug-likeness (QED) is 0.290. The van der Waals surface area contributed by atoms with Gasteiger partial charge in [-0.15, -0.1) is 10.2 Å². The highest BCUT2D eigenvalue weighted by molar-refractivity contribution is 7.20. The minimum Gasteiger partial charge on any atom is -0.497 e. The first kappa shape index (κ1) is 23.6. The van der Waals surface area contributed by atoms with Crippen LogP contribution in [0.3, 0.4) is 0 Å². The van der Waals surface area contributed by atoms with E-state index in [-0.39, 0.29) is 5.56 Å². The van der Waals surface area contributed by atoms with Crippen LogP contribution in [-0.2, 0) is 6.54 Å². The largest absolute Gasteiger partial charge is 0.497 e. The van der Waals surface area contributed by atoms with E-state index < -0.39 is 0 Å².